The summed E-state index contributed by atoms with van der Waals surface area (Å²) in [7, 11) is 6.74. The van der Waals surface area contributed by atoms with Crippen molar-refractivity contribution in [3.05, 3.63) is 12.4 Å². The fourth-order valence-corrected chi connectivity index (χ4v) is 1.88. The van der Waals surface area contributed by atoms with Crippen molar-refractivity contribution in [1.82, 2.24) is 9.80 Å². The molecule has 0 aromatic carbocycles. The second-order valence-electron chi connectivity index (χ2n) is 4.95. The number of hydrogen-bond donors (Lipinski definition) is 0. The number of rotatable bonds is 3. The second kappa shape index (κ2) is 5.39. The molecule has 6 heteroatoms. The Morgan fingerprint density at radius 1 is 1.56 bits per heavy atom. The van der Waals surface area contributed by atoms with Gasteiger partial charge in [0.15, 0.2) is 0 Å². The number of amides is 2. The summed E-state index contributed by atoms with van der Waals surface area (Å²) in [6, 6.07) is 0. The van der Waals surface area contributed by atoms with Crippen LogP contribution in [-0.2, 0) is 9.53 Å². The topological polar surface area (TPSA) is 49.9 Å². The summed E-state index contributed by atoms with van der Waals surface area (Å²) >= 11 is 0. The van der Waals surface area contributed by atoms with E-state index in [9.17, 15) is 9.59 Å². The SMILES string of the molecule is CCC[N+]1(C)C=CN(C)C(=O)C1OC(=O)N(C)C. The van der Waals surface area contributed by atoms with Crippen molar-refractivity contribution in [3.8, 4) is 0 Å². The average molecular weight is 256 g/mol. The lowest BCUT2D eigenvalue weighted by Gasteiger charge is -2.40. The number of quaternary nitrogens is 1. The number of nitrogens with zero attached hydrogens (tertiary/aromatic N) is 3. The van der Waals surface area contributed by atoms with Gasteiger partial charge in [-0.3, -0.25) is 9.28 Å². The van der Waals surface area contributed by atoms with Gasteiger partial charge in [0.1, 0.15) is 6.20 Å². The first-order chi connectivity index (χ1) is 8.31. The van der Waals surface area contributed by atoms with Crippen LogP contribution in [0.15, 0.2) is 12.4 Å². The zero-order valence-corrected chi connectivity index (χ0v) is 11.7. The van der Waals surface area contributed by atoms with Crippen molar-refractivity contribution in [1.29, 1.82) is 0 Å². The minimum absolute atomic E-state index is 0.205. The van der Waals surface area contributed by atoms with Gasteiger partial charge in [0.05, 0.1) is 19.8 Å². The summed E-state index contributed by atoms with van der Waals surface area (Å²) in [5.74, 6) is -0.205. The maximum Gasteiger partial charge on any atom is 0.414 e. The largest absolute Gasteiger partial charge is 0.414 e. The summed E-state index contributed by atoms with van der Waals surface area (Å²) in [5.41, 5.74) is 0. The Labute approximate surface area is 108 Å². The van der Waals surface area contributed by atoms with Crippen molar-refractivity contribution in [2.75, 3.05) is 34.7 Å². The van der Waals surface area contributed by atoms with Crippen molar-refractivity contribution in [2.45, 2.75) is 19.6 Å². The van der Waals surface area contributed by atoms with E-state index >= 15 is 0 Å². The van der Waals surface area contributed by atoms with Gasteiger partial charge in [-0.2, -0.15) is 0 Å². The third-order valence-corrected chi connectivity index (χ3v) is 3.01. The molecule has 0 saturated carbocycles. The summed E-state index contributed by atoms with van der Waals surface area (Å²) in [5, 5.41) is 0. The van der Waals surface area contributed by atoms with E-state index in [-0.39, 0.29) is 5.91 Å². The molecular formula is C12H22N3O3+. The Kier molecular flexibility index (Phi) is 4.34. The van der Waals surface area contributed by atoms with Crippen molar-refractivity contribution in [3.63, 3.8) is 0 Å². The van der Waals surface area contributed by atoms with Gasteiger partial charge in [0, 0.05) is 21.1 Å². The number of likely N-dealkylation sites (N-methyl/N-ethyl adjacent to an activating group) is 2. The quantitative estimate of drug-likeness (QED) is 0.702. The van der Waals surface area contributed by atoms with Crippen LogP contribution >= 0.6 is 0 Å². The number of ether oxygens (including phenoxy) is 1. The van der Waals surface area contributed by atoms with Crippen LogP contribution in [0.25, 0.3) is 0 Å². The highest BCUT2D eigenvalue weighted by molar-refractivity contribution is 5.83. The van der Waals surface area contributed by atoms with Crippen LogP contribution in [0.3, 0.4) is 0 Å². The lowest BCUT2D eigenvalue weighted by molar-refractivity contribution is -0.898. The van der Waals surface area contributed by atoms with Gasteiger partial charge in [-0.1, -0.05) is 6.92 Å². The van der Waals surface area contributed by atoms with Gasteiger partial charge >= 0.3 is 18.2 Å². The summed E-state index contributed by atoms with van der Waals surface area (Å²) < 4.78 is 5.61. The second-order valence-corrected chi connectivity index (χ2v) is 4.95. The van der Waals surface area contributed by atoms with Gasteiger partial charge in [-0.15, -0.1) is 0 Å². The first-order valence-corrected chi connectivity index (χ1v) is 6.00. The summed E-state index contributed by atoms with van der Waals surface area (Å²) in [6.45, 7) is 2.77. The first kappa shape index (κ1) is 14.5. The molecule has 0 saturated heterocycles. The molecule has 2 unspecified atom stereocenters. The van der Waals surface area contributed by atoms with E-state index in [4.69, 9.17) is 4.74 Å². The van der Waals surface area contributed by atoms with E-state index in [1.807, 2.05) is 20.2 Å². The third-order valence-electron chi connectivity index (χ3n) is 3.01. The van der Waals surface area contributed by atoms with Crippen LogP contribution in [0, 0.1) is 0 Å². The highest BCUT2D eigenvalue weighted by Crippen LogP contribution is 2.21. The monoisotopic (exact) mass is 256 g/mol. The minimum Gasteiger partial charge on any atom is -0.386 e. The molecule has 0 spiro atoms. The Balaban J connectivity index is 2.97. The lowest BCUT2D eigenvalue weighted by atomic mass is 10.2. The summed E-state index contributed by atoms with van der Waals surface area (Å²) in [6.07, 6.45) is 3.19. The van der Waals surface area contributed by atoms with Gasteiger partial charge in [0.25, 0.3) is 0 Å². The molecule has 18 heavy (non-hydrogen) atoms. The van der Waals surface area contributed by atoms with Crippen LogP contribution < -0.4 is 0 Å². The molecule has 0 fully saturated rings. The van der Waals surface area contributed by atoms with Gasteiger partial charge in [-0.05, 0) is 6.42 Å². The molecule has 2 atom stereocenters. The Bertz CT molecular complexity index is 368. The first-order valence-electron chi connectivity index (χ1n) is 6.00. The predicted molar refractivity (Wildman–Crippen MR) is 67.2 cm³/mol. The number of hydrogen-bond acceptors (Lipinski definition) is 3. The molecular weight excluding hydrogens is 234 g/mol. The molecule has 6 nitrogen and oxygen atoms in total. The van der Waals surface area contributed by atoms with Gasteiger partial charge < -0.3 is 14.5 Å². The van der Waals surface area contributed by atoms with E-state index in [1.165, 1.54) is 9.80 Å². The minimum atomic E-state index is -0.810. The van der Waals surface area contributed by atoms with Crippen LogP contribution in [-0.4, -0.2) is 67.2 Å². The highest BCUT2D eigenvalue weighted by atomic mass is 16.6. The lowest BCUT2D eigenvalue weighted by Crippen LogP contribution is -2.60. The van der Waals surface area contributed by atoms with Crippen molar-refractivity contribution in [2.24, 2.45) is 0 Å². The molecule has 1 aliphatic heterocycles. The van der Waals surface area contributed by atoms with E-state index in [0.29, 0.717) is 4.48 Å². The molecule has 0 bridgehead atoms. The molecule has 2 amide bonds. The van der Waals surface area contributed by atoms with Crippen LogP contribution in [0.1, 0.15) is 13.3 Å². The molecule has 1 rings (SSSR count). The van der Waals surface area contributed by atoms with Gasteiger partial charge in [-0.25, -0.2) is 4.79 Å². The molecule has 1 heterocycles. The Morgan fingerprint density at radius 3 is 2.67 bits per heavy atom. The zero-order chi connectivity index (χ0) is 13.9. The normalized spacial score (nSPS) is 27.3. The molecule has 0 aliphatic carbocycles. The van der Waals surface area contributed by atoms with Crippen LogP contribution in [0.5, 0.6) is 0 Å². The fraction of sp³-hybridized carbons (Fsp3) is 0.667. The van der Waals surface area contributed by atoms with Crippen molar-refractivity contribution < 1.29 is 18.8 Å². The number of carbonyl (C=O) groups is 2. The highest BCUT2D eigenvalue weighted by Gasteiger charge is 2.44. The standard InChI is InChI=1S/C12H22N3O3/c1-6-8-15(5)9-7-14(4)10(16)11(15)18-12(17)13(2)3/h7,9,11H,6,8H2,1-5H3/q+1. The van der Waals surface area contributed by atoms with E-state index < -0.39 is 12.3 Å². The van der Waals surface area contributed by atoms with Crippen LogP contribution in [0.4, 0.5) is 4.79 Å². The number of carbonyl (C=O) groups excluding carboxylic acids is 2. The maximum absolute atomic E-state index is 12.1. The predicted octanol–water partition coefficient (Wildman–Crippen LogP) is 0.810. The molecule has 0 N–H and O–H groups in total. The molecule has 1 aliphatic rings. The maximum atomic E-state index is 12.1. The van der Waals surface area contributed by atoms with Gasteiger partial charge in [0.2, 0.25) is 0 Å². The zero-order valence-electron chi connectivity index (χ0n) is 11.7. The smallest absolute Gasteiger partial charge is 0.386 e. The molecule has 0 aromatic heterocycles. The van der Waals surface area contributed by atoms with E-state index in [1.54, 1.807) is 27.3 Å². The Morgan fingerprint density at radius 2 is 2.17 bits per heavy atom. The van der Waals surface area contributed by atoms with Crippen molar-refractivity contribution >= 4 is 12.0 Å². The molecule has 102 valence electrons. The van der Waals surface area contributed by atoms with E-state index in [0.717, 1.165) is 13.0 Å². The molecule has 0 radical (unpaired) electrons. The Hall–Kier alpha value is -1.56. The van der Waals surface area contributed by atoms with E-state index in [2.05, 4.69) is 0 Å². The van der Waals surface area contributed by atoms with Crippen LogP contribution in [0.2, 0.25) is 0 Å². The molecule has 0 aromatic rings. The third kappa shape index (κ3) is 2.81. The fourth-order valence-electron chi connectivity index (χ4n) is 1.88. The average Bonchev–Trinajstić information content (AvgIpc) is 2.30. The summed E-state index contributed by atoms with van der Waals surface area (Å²) in [4.78, 5) is 26.6.